The van der Waals surface area contributed by atoms with E-state index in [0.29, 0.717) is 18.0 Å². The van der Waals surface area contributed by atoms with Crippen LogP contribution in [0.15, 0.2) is 18.2 Å². The Kier molecular flexibility index (Phi) is 4.12. The van der Waals surface area contributed by atoms with Crippen molar-refractivity contribution in [3.05, 3.63) is 29.6 Å². The topological polar surface area (TPSA) is 21.1 Å². The minimum atomic E-state index is 0.542. The Balaban J connectivity index is 2.19. The molecule has 1 aliphatic heterocycles. The third-order valence-electron chi connectivity index (χ3n) is 4.63. The summed E-state index contributed by atoms with van der Waals surface area (Å²) >= 11 is 6.02. The zero-order valence-electron chi connectivity index (χ0n) is 13.1. The molecule has 1 saturated heterocycles. The summed E-state index contributed by atoms with van der Waals surface area (Å²) in [5.41, 5.74) is 3.57. The lowest BCUT2D eigenvalue weighted by atomic mass is 10.00. The van der Waals surface area contributed by atoms with Crippen LogP contribution in [0.2, 0.25) is 0 Å². The minimum absolute atomic E-state index is 0.542. The number of nitrogens with zero attached hydrogens (tertiary/aromatic N) is 3. The van der Waals surface area contributed by atoms with Crippen molar-refractivity contribution in [3.8, 4) is 0 Å². The van der Waals surface area contributed by atoms with Gasteiger partial charge in [-0.1, -0.05) is 12.1 Å². The van der Waals surface area contributed by atoms with Gasteiger partial charge in [-0.25, -0.2) is 9.66 Å². The maximum absolute atomic E-state index is 6.02. The van der Waals surface area contributed by atoms with Gasteiger partial charge in [0.1, 0.15) is 5.82 Å². The largest absolute Gasteiger partial charge is 0.306 e. The molecule has 0 spiro atoms. The molecule has 0 radical (unpaired) electrons. The normalized spacial score (nSPS) is 23.0. The number of hydrogen-bond donors (Lipinski definition) is 0. The summed E-state index contributed by atoms with van der Waals surface area (Å²) < 4.78 is 2.35. The molecule has 21 heavy (non-hydrogen) atoms. The van der Waals surface area contributed by atoms with E-state index in [0.717, 1.165) is 17.8 Å². The van der Waals surface area contributed by atoms with Crippen LogP contribution in [0.1, 0.15) is 44.5 Å². The summed E-state index contributed by atoms with van der Waals surface area (Å²) in [7, 11) is 0. The molecule has 0 amide bonds. The fraction of sp³-hybridized carbons (Fsp3) is 0.588. The molecule has 0 N–H and O–H groups in total. The maximum Gasteiger partial charge on any atom is 0.130 e. The number of rotatable bonds is 3. The Morgan fingerprint density at radius 3 is 2.62 bits per heavy atom. The van der Waals surface area contributed by atoms with Gasteiger partial charge in [0.25, 0.3) is 0 Å². The highest BCUT2D eigenvalue weighted by Crippen LogP contribution is 2.27. The van der Waals surface area contributed by atoms with Gasteiger partial charge in [0.2, 0.25) is 0 Å². The van der Waals surface area contributed by atoms with E-state index >= 15 is 0 Å². The van der Waals surface area contributed by atoms with Crippen LogP contribution in [0.3, 0.4) is 0 Å². The number of halogens is 1. The second-order valence-corrected chi connectivity index (χ2v) is 6.61. The number of piperidine rings is 1. The lowest BCUT2D eigenvalue weighted by molar-refractivity contribution is 0.336. The number of benzene rings is 1. The molecular weight excluding hydrogens is 282 g/mol. The van der Waals surface area contributed by atoms with Gasteiger partial charge >= 0.3 is 0 Å². The van der Waals surface area contributed by atoms with Gasteiger partial charge in [0.15, 0.2) is 0 Å². The van der Waals surface area contributed by atoms with Gasteiger partial charge in [-0.2, -0.15) is 0 Å². The van der Waals surface area contributed by atoms with Gasteiger partial charge in [-0.05, 0) is 51.7 Å². The summed E-state index contributed by atoms with van der Waals surface area (Å²) in [6, 6.07) is 7.52. The highest BCUT2D eigenvalue weighted by atomic mass is 35.5. The Labute approximate surface area is 131 Å². The third-order valence-corrected chi connectivity index (χ3v) is 4.82. The lowest BCUT2D eigenvalue weighted by Crippen LogP contribution is -2.51. The lowest BCUT2D eigenvalue weighted by Gasteiger charge is -2.42. The predicted molar refractivity (Wildman–Crippen MR) is 89.9 cm³/mol. The highest BCUT2D eigenvalue weighted by Gasteiger charge is 2.28. The third kappa shape index (κ3) is 2.52. The molecule has 3 rings (SSSR count). The molecule has 2 unspecified atom stereocenters. The first-order valence-corrected chi connectivity index (χ1v) is 8.48. The van der Waals surface area contributed by atoms with Crippen LogP contribution in [0.25, 0.3) is 11.0 Å². The van der Waals surface area contributed by atoms with Crippen molar-refractivity contribution < 1.29 is 0 Å². The van der Waals surface area contributed by atoms with Crippen LogP contribution < -0.4 is 5.01 Å². The average Bonchev–Trinajstić information content (AvgIpc) is 2.80. The van der Waals surface area contributed by atoms with Crippen LogP contribution in [0, 0.1) is 6.92 Å². The van der Waals surface area contributed by atoms with E-state index in [1.54, 1.807) is 0 Å². The number of hydrogen-bond acceptors (Lipinski definition) is 2. The molecule has 1 aliphatic rings. The smallest absolute Gasteiger partial charge is 0.130 e. The second kappa shape index (κ2) is 5.88. The van der Waals surface area contributed by atoms with Gasteiger partial charge in [-0.15, -0.1) is 11.6 Å². The summed E-state index contributed by atoms with van der Waals surface area (Å²) in [5, 5.41) is 2.51. The SMILES string of the molecule is Cc1cccc2c1nc(CCCl)n2N1C(C)CCCC1C. The number of para-hydroxylation sites is 1. The first-order chi connectivity index (χ1) is 10.1. The fourth-order valence-corrected chi connectivity index (χ4v) is 3.75. The number of aryl methyl sites for hydroxylation is 2. The monoisotopic (exact) mass is 305 g/mol. The van der Waals surface area contributed by atoms with Gasteiger partial charge in [0, 0.05) is 24.4 Å². The summed E-state index contributed by atoms with van der Waals surface area (Å²) in [5.74, 6) is 1.70. The molecule has 1 aromatic heterocycles. The molecule has 0 bridgehead atoms. The first kappa shape index (κ1) is 14.7. The van der Waals surface area contributed by atoms with Crippen molar-refractivity contribution in [2.75, 3.05) is 10.9 Å². The zero-order chi connectivity index (χ0) is 15.0. The molecule has 3 nitrogen and oxygen atoms in total. The van der Waals surface area contributed by atoms with E-state index in [1.807, 2.05) is 0 Å². The first-order valence-electron chi connectivity index (χ1n) is 7.95. The van der Waals surface area contributed by atoms with Gasteiger partial charge in [0.05, 0.1) is 11.0 Å². The molecular formula is C17H24ClN3. The van der Waals surface area contributed by atoms with Crippen LogP contribution in [0.5, 0.6) is 0 Å². The molecule has 2 heterocycles. The van der Waals surface area contributed by atoms with E-state index in [-0.39, 0.29) is 0 Å². The quantitative estimate of drug-likeness (QED) is 0.799. The van der Waals surface area contributed by atoms with Crippen LogP contribution >= 0.6 is 11.6 Å². The minimum Gasteiger partial charge on any atom is -0.306 e. The molecule has 4 heteroatoms. The van der Waals surface area contributed by atoms with Crippen molar-refractivity contribution in [2.24, 2.45) is 0 Å². The Bertz CT molecular complexity index is 624. The number of alkyl halides is 1. The van der Waals surface area contributed by atoms with Crippen molar-refractivity contribution in [2.45, 2.75) is 58.5 Å². The van der Waals surface area contributed by atoms with E-state index in [9.17, 15) is 0 Å². The van der Waals surface area contributed by atoms with Crippen LogP contribution in [0.4, 0.5) is 0 Å². The van der Waals surface area contributed by atoms with Gasteiger partial charge in [-0.3, -0.25) is 0 Å². The highest BCUT2D eigenvalue weighted by molar-refractivity contribution is 6.17. The zero-order valence-corrected chi connectivity index (χ0v) is 13.9. The molecule has 0 aliphatic carbocycles. The summed E-state index contributed by atoms with van der Waals surface area (Å²) in [6.07, 6.45) is 4.62. The Morgan fingerprint density at radius 1 is 1.24 bits per heavy atom. The average molecular weight is 306 g/mol. The van der Waals surface area contributed by atoms with E-state index in [4.69, 9.17) is 16.6 Å². The molecule has 1 aromatic carbocycles. The maximum atomic E-state index is 6.02. The fourth-order valence-electron chi connectivity index (χ4n) is 3.58. The van der Waals surface area contributed by atoms with Crippen molar-refractivity contribution in [3.63, 3.8) is 0 Å². The van der Waals surface area contributed by atoms with Gasteiger partial charge < -0.3 is 5.01 Å². The molecule has 1 fully saturated rings. The van der Waals surface area contributed by atoms with Crippen molar-refractivity contribution in [1.29, 1.82) is 0 Å². The molecule has 0 saturated carbocycles. The molecule has 2 aromatic rings. The standard InChI is InChI=1S/C17H24ClN3/c1-12-6-4-9-15-17(12)19-16(10-11-18)21(15)20-13(2)7-5-8-14(20)3/h4,6,9,13-14H,5,7-8,10-11H2,1-3H3. The second-order valence-electron chi connectivity index (χ2n) is 6.23. The Morgan fingerprint density at radius 2 is 1.95 bits per heavy atom. The molecule has 114 valence electrons. The summed E-state index contributed by atoms with van der Waals surface area (Å²) in [4.78, 5) is 4.88. The number of aromatic nitrogens is 2. The van der Waals surface area contributed by atoms with E-state index in [2.05, 4.69) is 48.7 Å². The van der Waals surface area contributed by atoms with E-state index in [1.165, 1.54) is 30.3 Å². The molecule has 2 atom stereocenters. The number of imidazole rings is 1. The van der Waals surface area contributed by atoms with Crippen molar-refractivity contribution >= 4 is 22.6 Å². The van der Waals surface area contributed by atoms with Crippen LogP contribution in [-0.2, 0) is 6.42 Å². The predicted octanol–water partition coefficient (Wildman–Crippen LogP) is 4.02. The van der Waals surface area contributed by atoms with E-state index < -0.39 is 0 Å². The number of fused-ring (bicyclic) bond motifs is 1. The summed E-state index contributed by atoms with van der Waals surface area (Å²) in [6.45, 7) is 6.77. The van der Waals surface area contributed by atoms with Crippen LogP contribution in [-0.4, -0.2) is 27.6 Å². The Hall–Kier alpha value is -1.22. The van der Waals surface area contributed by atoms with Crippen molar-refractivity contribution in [1.82, 2.24) is 9.66 Å².